The van der Waals surface area contributed by atoms with Gasteiger partial charge in [-0.15, -0.1) is 0 Å². The first kappa shape index (κ1) is 21.8. The van der Waals surface area contributed by atoms with E-state index >= 15 is 0 Å². The van der Waals surface area contributed by atoms with Crippen LogP contribution in [0.3, 0.4) is 0 Å². The molecular weight excluding hydrogens is 454 g/mol. The smallest absolute Gasteiger partial charge is 0.335 e. The van der Waals surface area contributed by atoms with E-state index in [1.54, 1.807) is 0 Å². The van der Waals surface area contributed by atoms with Crippen molar-refractivity contribution in [2.24, 2.45) is 0 Å². The number of ether oxygens (including phenoxy) is 1. The molecule has 0 atom stereocenters. The normalized spacial score (nSPS) is 15.0. The molecule has 1 saturated heterocycles. The Kier molecular flexibility index (Phi) is 5.67. The van der Waals surface area contributed by atoms with Gasteiger partial charge in [-0.1, -0.05) is 11.6 Å². The molecular formula is C22H14ClN3O7. The summed E-state index contributed by atoms with van der Waals surface area (Å²) in [7, 11) is 1.39. The second-order valence-electron chi connectivity index (χ2n) is 6.78. The fourth-order valence-corrected chi connectivity index (χ4v) is 3.32. The Labute approximate surface area is 191 Å². The molecule has 0 saturated carbocycles. The van der Waals surface area contributed by atoms with E-state index in [9.17, 15) is 24.5 Å². The zero-order valence-corrected chi connectivity index (χ0v) is 17.7. The Morgan fingerprint density at radius 1 is 1.09 bits per heavy atom. The van der Waals surface area contributed by atoms with E-state index in [-0.39, 0.29) is 34.0 Å². The van der Waals surface area contributed by atoms with Crippen LogP contribution in [0.2, 0.25) is 5.02 Å². The monoisotopic (exact) mass is 467 g/mol. The quantitative estimate of drug-likeness (QED) is 0.257. The van der Waals surface area contributed by atoms with Gasteiger partial charge in [0.05, 0.1) is 29.4 Å². The number of nitrogens with zero attached hydrogens (tertiary/aromatic N) is 2. The summed E-state index contributed by atoms with van der Waals surface area (Å²) in [4.78, 5) is 49.2. The number of nitro groups is 1. The first-order valence-electron chi connectivity index (χ1n) is 9.38. The molecule has 10 nitrogen and oxygen atoms in total. The predicted octanol–water partition coefficient (Wildman–Crippen LogP) is 4.18. The Morgan fingerprint density at radius 2 is 1.82 bits per heavy atom. The minimum Gasteiger partial charge on any atom is -0.497 e. The molecule has 2 heterocycles. The summed E-state index contributed by atoms with van der Waals surface area (Å²) in [5.41, 5.74) is -0.194. The number of hydrogen-bond acceptors (Lipinski definition) is 7. The topological polar surface area (TPSA) is 132 Å². The third-order valence-electron chi connectivity index (χ3n) is 4.77. The molecule has 1 aromatic heterocycles. The van der Waals surface area contributed by atoms with Crippen molar-refractivity contribution < 1.29 is 28.5 Å². The molecule has 3 aromatic rings. The highest BCUT2D eigenvalue weighted by Gasteiger charge is 2.37. The number of benzene rings is 2. The highest BCUT2D eigenvalue weighted by molar-refractivity contribution is 6.39. The van der Waals surface area contributed by atoms with Crippen LogP contribution in [-0.2, 0) is 9.59 Å². The lowest BCUT2D eigenvalue weighted by molar-refractivity contribution is -0.384. The van der Waals surface area contributed by atoms with Gasteiger partial charge >= 0.3 is 6.03 Å². The van der Waals surface area contributed by atoms with Crippen LogP contribution in [0.5, 0.6) is 5.75 Å². The van der Waals surface area contributed by atoms with Crippen molar-refractivity contribution in [3.05, 3.63) is 81.1 Å². The maximum absolute atomic E-state index is 12.9. The third-order valence-corrected chi connectivity index (χ3v) is 5.02. The summed E-state index contributed by atoms with van der Waals surface area (Å²) in [6, 6.07) is 12.2. The van der Waals surface area contributed by atoms with E-state index in [0.717, 1.165) is 11.0 Å². The molecule has 0 bridgehead atoms. The fourth-order valence-electron chi connectivity index (χ4n) is 3.20. The standard InChI is InChI=1S/C22H14ClN3O7/c1-32-14-6-8-16(18(11-14)26(30)31)19-9-7-15(33-19)10-17-20(27)24-22(29)25(21(17)28)13-4-2-12(23)3-5-13/h2-11H,1H3,(H,24,27,29)/b17-10+. The fraction of sp³-hybridized carbons (Fsp3) is 0.0455. The lowest BCUT2D eigenvalue weighted by atomic mass is 10.1. The lowest BCUT2D eigenvalue weighted by Crippen LogP contribution is -2.54. The van der Waals surface area contributed by atoms with E-state index in [4.69, 9.17) is 20.8 Å². The zero-order valence-electron chi connectivity index (χ0n) is 16.9. The van der Waals surface area contributed by atoms with Crippen molar-refractivity contribution in [1.82, 2.24) is 5.32 Å². The molecule has 4 amide bonds. The van der Waals surface area contributed by atoms with Crippen LogP contribution in [0, 0.1) is 10.1 Å². The number of nitro benzene ring substituents is 1. The van der Waals surface area contributed by atoms with Crippen molar-refractivity contribution in [2.75, 3.05) is 12.0 Å². The molecule has 0 unspecified atom stereocenters. The first-order valence-corrected chi connectivity index (χ1v) is 9.76. The highest BCUT2D eigenvalue weighted by atomic mass is 35.5. The SMILES string of the molecule is COc1ccc(-c2ccc(/C=C3\C(=O)NC(=O)N(c4ccc(Cl)cc4)C3=O)o2)c([N+](=O)[O-])c1. The number of anilines is 1. The molecule has 11 heteroatoms. The van der Waals surface area contributed by atoms with Crippen LogP contribution in [0.1, 0.15) is 5.76 Å². The predicted molar refractivity (Wildman–Crippen MR) is 118 cm³/mol. The highest BCUT2D eigenvalue weighted by Crippen LogP contribution is 2.34. The summed E-state index contributed by atoms with van der Waals surface area (Å²) < 4.78 is 10.7. The Balaban J connectivity index is 1.69. The van der Waals surface area contributed by atoms with Gasteiger partial charge < -0.3 is 9.15 Å². The van der Waals surface area contributed by atoms with Crippen LogP contribution in [0.15, 0.2) is 64.6 Å². The van der Waals surface area contributed by atoms with Crippen molar-refractivity contribution in [3.63, 3.8) is 0 Å². The van der Waals surface area contributed by atoms with Gasteiger partial charge in [-0.05, 0) is 54.6 Å². The van der Waals surface area contributed by atoms with E-state index in [1.165, 1.54) is 61.7 Å². The number of amides is 4. The Hall–Kier alpha value is -4.44. The molecule has 0 radical (unpaired) electrons. The Bertz CT molecular complexity index is 1330. The number of barbiturate groups is 1. The van der Waals surface area contributed by atoms with Crippen LogP contribution < -0.4 is 15.0 Å². The van der Waals surface area contributed by atoms with E-state index in [1.807, 2.05) is 0 Å². The number of halogens is 1. The molecule has 166 valence electrons. The minimum absolute atomic E-state index is 0.0824. The van der Waals surface area contributed by atoms with Crippen molar-refractivity contribution >= 4 is 46.9 Å². The number of imide groups is 2. The number of rotatable bonds is 5. The van der Waals surface area contributed by atoms with Gasteiger partial charge in [0.1, 0.15) is 22.8 Å². The minimum atomic E-state index is -0.904. The van der Waals surface area contributed by atoms with Crippen molar-refractivity contribution in [1.29, 1.82) is 0 Å². The van der Waals surface area contributed by atoms with E-state index in [0.29, 0.717) is 10.8 Å². The zero-order chi connectivity index (χ0) is 23.7. The maximum atomic E-state index is 12.9. The molecule has 1 aliphatic rings. The van der Waals surface area contributed by atoms with Gasteiger partial charge in [-0.25, -0.2) is 9.69 Å². The summed E-state index contributed by atoms with van der Waals surface area (Å²) >= 11 is 5.85. The average molecular weight is 468 g/mol. The van der Waals surface area contributed by atoms with Crippen LogP contribution >= 0.6 is 11.6 Å². The molecule has 1 fully saturated rings. The van der Waals surface area contributed by atoms with Gasteiger partial charge in [0.25, 0.3) is 17.5 Å². The molecule has 2 aromatic carbocycles. The largest absolute Gasteiger partial charge is 0.497 e. The van der Waals surface area contributed by atoms with Gasteiger partial charge in [0.15, 0.2) is 0 Å². The number of methoxy groups -OCH3 is 1. The number of urea groups is 1. The molecule has 0 spiro atoms. The lowest BCUT2D eigenvalue weighted by Gasteiger charge is -2.26. The summed E-state index contributed by atoms with van der Waals surface area (Å²) in [5.74, 6) is -1.23. The number of hydrogen-bond donors (Lipinski definition) is 1. The molecule has 33 heavy (non-hydrogen) atoms. The first-order chi connectivity index (χ1) is 15.8. The van der Waals surface area contributed by atoms with Gasteiger partial charge in [0, 0.05) is 5.02 Å². The van der Waals surface area contributed by atoms with Crippen molar-refractivity contribution in [2.45, 2.75) is 0 Å². The summed E-state index contributed by atoms with van der Waals surface area (Å²) in [6.45, 7) is 0. The van der Waals surface area contributed by atoms with Crippen LogP contribution in [0.25, 0.3) is 17.4 Å². The van der Waals surface area contributed by atoms with E-state index in [2.05, 4.69) is 5.32 Å². The number of carbonyl (C=O) groups is 3. The summed E-state index contributed by atoms with van der Waals surface area (Å²) in [6.07, 6.45) is 1.16. The number of nitrogens with one attached hydrogen (secondary N) is 1. The van der Waals surface area contributed by atoms with Gasteiger partial charge in [-0.3, -0.25) is 25.0 Å². The van der Waals surface area contributed by atoms with Gasteiger partial charge in [0.2, 0.25) is 0 Å². The van der Waals surface area contributed by atoms with E-state index < -0.39 is 22.8 Å². The average Bonchev–Trinajstić information content (AvgIpc) is 3.26. The van der Waals surface area contributed by atoms with Crippen LogP contribution in [0.4, 0.5) is 16.2 Å². The van der Waals surface area contributed by atoms with Crippen molar-refractivity contribution in [3.8, 4) is 17.1 Å². The molecule has 1 aliphatic heterocycles. The second kappa shape index (κ2) is 8.60. The Morgan fingerprint density at radius 3 is 2.48 bits per heavy atom. The van der Waals surface area contributed by atoms with Gasteiger partial charge in [-0.2, -0.15) is 0 Å². The molecule has 1 N–H and O–H groups in total. The third kappa shape index (κ3) is 4.19. The number of furan rings is 1. The number of carbonyl (C=O) groups excluding carboxylic acids is 3. The van der Waals surface area contributed by atoms with Crippen LogP contribution in [-0.4, -0.2) is 29.9 Å². The maximum Gasteiger partial charge on any atom is 0.335 e. The second-order valence-corrected chi connectivity index (χ2v) is 7.21. The molecule has 0 aliphatic carbocycles. The molecule has 4 rings (SSSR count). The summed E-state index contributed by atoms with van der Waals surface area (Å²) in [5, 5.41) is 14.0.